The number of amides is 1. The van der Waals surface area contributed by atoms with Gasteiger partial charge in [0.05, 0.1) is 25.0 Å². The number of aryl methyl sites for hydroxylation is 1. The number of aromatic nitrogens is 3. The van der Waals surface area contributed by atoms with Crippen LogP contribution in [0.1, 0.15) is 26.8 Å². The summed E-state index contributed by atoms with van der Waals surface area (Å²) in [6, 6.07) is 1.50. The fraction of sp³-hybridized carbons (Fsp3) is 0.286. The second-order valence-electron chi connectivity index (χ2n) is 4.99. The highest BCUT2D eigenvalue weighted by atomic mass is 32.1. The molecular weight excluding hydrogens is 320 g/mol. The summed E-state index contributed by atoms with van der Waals surface area (Å²) in [7, 11) is 0. The first-order chi connectivity index (χ1) is 11.2. The highest BCUT2D eigenvalue weighted by Gasteiger charge is 2.27. The van der Waals surface area contributed by atoms with Gasteiger partial charge in [0.2, 0.25) is 5.76 Å². The van der Waals surface area contributed by atoms with Crippen LogP contribution in [0.5, 0.6) is 0 Å². The van der Waals surface area contributed by atoms with Gasteiger partial charge in [0.25, 0.3) is 11.8 Å². The number of nitrogens with zero attached hydrogens (tertiary/aromatic N) is 3. The Bertz CT molecular complexity index is 852. The number of hydrogen-bond acceptors (Lipinski definition) is 8. The first-order valence-corrected chi connectivity index (χ1v) is 7.79. The van der Waals surface area contributed by atoms with Gasteiger partial charge >= 0.3 is 0 Å². The van der Waals surface area contributed by atoms with E-state index in [0.29, 0.717) is 29.9 Å². The van der Waals surface area contributed by atoms with Crippen molar-refractivity contribution < 1.29 is 18.6 Å². The number of thiophene rings is 1. The average Bonchev–Trinajstić information content (AvgIpc) is 3.25. The van der Waals surface area contributed by atoms with E-state index in [9.17, 15) is 4.79 Å². The predicted molar refractivity (Wildman–Crippen MR) is 80.2 cm³/mol. The van der Waals surface area contributed by atoms with Crippen LogP contribution < -0.4 is 5.32 Å². The quantitative estimate of drug-likeness (QED) is 0.785. The first-order valence-electron chi connectivity index (χ1n) is 6.97. The number of rotatable bonds is 3. The molecule has 4 rings (SSSR count). The molecule has 0 fully saturated rings. The van der Waals surface area contributed by atoms with Crippen molar-refractivity contribution in [2.45, 2.75) is 20.0 Å². The van der Waals surface area contributed by atoms with Gasteiger partial charge < -0.3 is 19.1 Å². The SMILES string of the molecule is Cc1noc(-c2c(NC(=O)c3ccno3)sc3c2CCOC3)n1. The van der Waals surface area contributed by atoms with E-state index < -0.39 is 0 Å². The van der Waals surface area contributed by atoms with Gasteiger partial charge in [-0.15, -0.1) is 11.3 Å². The molecular formula is C14H12N4O4S. The molecule has 1 amide bonds. The van der Waals surface area contributed by atoms with E-state index in [1.54, 1.807) is 6.92 Å². The Morgan fingerprint density at radius 1 is 1.39 bits per heavy atom. The van der Waals surface area contributed by atoms with Gasteiger partial charge in [-0.25, -0.2) is 0 Å². The molecule has 118 valence electrons. The van der Waals surface area contributed by atoms with Crippen LogP contribution in [0.2, 0.25) is 0 Å². The van der Waals surface area contributed by atoms with Gasteiger partial charge in [-0.3, -0.25) is 4.79 Å². The molecule has 0 radical (unpaired) electrons. The third-order valence-electron chi connectivity index (χ3n) is 3.45. The lowest BCUT2D eigenvalue weighted by Gasteiger charge is -2.12. The lowest BCUT2D eigenvalue weighted by Crippen LogP contribution is -2.11. The predicted octanol–water partition coefficient (Wildman–Crippen LogP) is 2.42. The monoisotopic (exact) mass is 332 g/mol. The molecule has 1 aliphatic rings. The van der Waals surface area contributed by atoms with Crippen LogP contribution in [0.25, 0.3) is 11.5 Å². The van der Waals surface area contributed by atoms with Crippen LogP contribution in [0.15, 0.2) is 21.3 Å². The molecule has 0 saturated heterocycles. The summed E-state index contributed by atoms with van der Waals surface area (Å²) in [6.45, 7) is 2.89. The third-order valence-corrected chi connectivity index (χ3v) is 4.57. The topological polar surface area (TPSA) is 103 Å². The van der Waals surface area contributed by atoms with Crippen LogP contribution in [-0.2, 0) is 17.8 Å². The maximum Gasteiger partial charge on any atom is 0.294 e. The summed E-state index contributed by atoms with van der Waals surface area (Å²) < 4.78 is 15.7. The van der Waals surface area contributed by atoms with E-state index in [1.807, 2.05) is 0 Å². The van der Waals surface area contributed by atoms with Crippen molar-refractivity contribution in [3.63, 3.8) is 0 Å². The van der Waals surface area contributed by atoms with E-state index in [-0.39, 0.29) is 11.7 Å². The minimum Gasteiger partial charge on any atom is -0.376 e. The summed E-state index contributed by atoms with van der Waals surface area (Å²) in [5.41, 5.74) is 1.85. The summed E-state index contributed by atoms with van der Waals surface area (Å²) in [6.07, 6.45) is 2.16. The number of carbonyl (C=O) groups excluding carboxylic acids is 1. The van der Waals surface area contributed by atoms with Crippen molar-refractivity contribution in [2.24, 2.45) is 0 Å². The molecule has 0 atom stereocenters. The maximum absolute atomic E-state index is 12.2. The fourth-order valence-corrected chi connectivity index (χ4v) is 3.62. The average molecular weight is 332 g/mol. The molecule has 1 N–H and O–H groups in total. The standard InChI is InChI=1S/C14H12N4O4S/c1-7-16-13(22-18-7)11-8-3-5-20-6-10(8)23-14(11)17-12(19)9-2-4-15-21-9/h2,4H,3,5-6H2,1H3,(H,17,19). The molecule has 3 aromatic rings. The van der Waals surface area contributed by atoms with Gasteiger partial charge in [0, 0.05) is 10.9 Å². The molecule has 4 heterocycles. The Morgan fingerprint density at radius 2 is 2.30 bits per heavy atom. The lowest BCUT2D eigenvalue weighted by atomic mass is 10.1. The molecule has 9 heteroatoms. The van der Waals surface area contributed by atoms with Crippen molar-refractivity contribution in [2.75, 3.05) is 11.9 Å². The van der Waals surface area contributed by atoms with Crippen LogP contribution in [-0.4, -0.2) is 27.8 Å². The summed E-state index contributed by atoms with van der Waals surface area (Å²) in [5.74, 6) is 0.703. The summed E-state index contributed by atoms with van der Waals surface area (Å²) in [4.78, 5) is 17.6. The minimum atomic E-state index is -0.375. The van der Waals surface area contributed by atoms with Crippen molar-refractivity contribution in [1.82, 2.24) is 15.3 Å². The summed E-state index contributed by atoms with van der Waals surface area (Å²) >= 11 is 1.44. The highest BCUT2D eigenvalue weighted by Crippen LogP contribution is 2.42. The lowest BCUT2D eigenvalue weighted by molar-refractivity contribution is 0.0988. The van der Waals surface area contributed by atoms with Crippen molar-refractivity contribution in [1.29, 1.82) is 0 Å². The molecule has 0 spiro atoms. The molecule has 0 bridgehead atoms. The van der Waals surface area contributed by atoms with Crippen molar-refractivity contribution in [3.05, 3.63) is 34.3 Å². The Morgan fingerprint density at radius 3 is 3.04 bits per heavy atom. The second-order valence-corrected chi connectivity index (χ2v) is 6.09. The van der Waals surface area contributed by atoms with Gasteiger partial charge in [0.1, 0.15) is 5.00 Å². The van der Waals surface area contributed by atoms with Gasteiger partial charge in [-0.05, 0) is 18.9 Å². The van der Waals surface area contributed by atoms with Crippen LogP contribution in [0.4, 0.5) is 5.00 Å². The van der Waals surface area contributed by atoms with Crippen LogP contribution in [0.3, 0.4) is 0 Å². The Labute approximate surface area is 134 Å². The molecule has 23 heavy (non-hydrogen) atoms. The van der Waals surface area contributed by atoms with Gasteiger partial charge in [0.15, 0.2) is 5.82 Å². The zero-order chi connectivity index (χ0) is 15.8. The van der Waals surface area contributed by atoms with E-state index in [2.05, 4.69) is 20.6 Å². The molecule has 0 aromatic carbocycles. The van der Waals surface area contributed by atoms with Crippen molar-refractivity contribution in [3.8, 4) is 11.5 Å². The molecule has 0 unspecified atom stereocenters. The number of fused-ring (bicyclic) bond motifs is 1. The number of anilines is 1. The van der Waals surface area contributed by atoms with E-state index in [1.165, 1.54) is 23.6 Å². The maximum atomic E-state index is 12.2. The van der Waals surface area contributed by atoms with Crippen LogP contribution in [0, 0.1) is 6.92 Å². The number of ether oxygens (including phenoxy) is 1. The number of hydrogen-bond donors (Lipinski definition) is 1. The Hall–Kier alpha value is -2.52. The highest BCUT2D eigenvalue weighted by molar-refractivity contribution is 7.17. The Kier molecular flexibility index (Phi) is 3.43. The number of carbonyl (C=O) groups is 1. The first kappa shape index (κ1) is 14.1. The van der Waals surface area contributed by atoms with Crippen molar-refractivity contribution >= 4 is 22.2 Å². The largest absolute Gasteiger partial charge is 0.376 e. The van der Waals surface area contributed by atoms with Gasteiger partial charge in [-0.1, -0.05) is 10.3 Å². The van der Waals surface area contributed by atoms with Gasteiger partial charge in [-0.2, -0.15) is 4.98 Å². The van der Waals surface area contributed by atoms with E-state index in [0.717, 1.165) is 22.4 Å². The van der Waals surface area contributed by atoms with E-state index in [4.69, 9.17) is 13.8 Å². The minimum absolute atomic E-state index is 0.139. The summed E-state index contributed by atoms with van der Waals surface area (Å²) in [5, 5.41) is 10.9. The zero-order valence-electron chi connectivity index (χ0n) is 12.2. The Balaban J connectivity index is 1.76. The van der Waals surface area contributed by atoms with Crippen LogP contribution >= 0.6 is 11.3 Å². The zero-order valence-corrected chi connectivity index (χ0v) is 13.0. The fourth-order valence-electron chi connectivity index (χ4n) is 2.44. The molecule has 0 saturated carbocycles. The smallest absolute Gasteiger partial charge is 0.294 e. The normalized spacial score (nSPS) is 13.8. The second kappa shape index (κ2) is 5.60. The third kappa shape index (κ3) is 2.53. The van der Waals surface area contributed by atoms with E-state index >= 15 is 0 Å². The molecule has 8 nitrogen and oxygen atoms in total. The number of nitrogens with one attached hydrogen (secondary N) is 1. The molecule has 3 aromatic heterocycles. The molecule has 0 aliphatic carbocycles. The molecule has 1 aliphatic heterocycles.